The van der Waals surface area contributed by atoms with Crippen molar-refractivity contribution in [2.24, 2.45) is 4.99 Å². The smallest absolute Gasteiger partial charge is 0.151 e. The third-order valence-electron chi connectivity index (χ3n) is 1.84. The van der Waals surface area contributed by atoms with Crippen LogP contribution in [0.2, 0.25) is 0 Å². The molecule has 0 saturated heterocycles. The van der Waals surface area contributed by atoms with Crippen molar-refractivity contribution in [2.75, 3.05) is 0 Å². The summed E-state index contributed by atoms with van der Waals surface area (Å²) in [6.45, 7) is 0. The number of halogens is 1. The summed E-state index contributed by atoms with van der Waals surface area (Å²) in [5, 5.41) is 0. The maximum atomic E-state index is 4.28. The number of aromatic nitrogens is 1. The Kier molecular flexibility index (Phi) is 3.45. The number of aliphatic imine (C=N–C) groups is 1. The lowest BCUT2D eigenvalue weighted by Gasteiger charge is -1.94. The SMILES string of the molecule is Ic1cccc(/C=N/c2ccccn2)c1. The Labute approximate surface area is 102 Å². The molecule has 0 aliphatic heterocycles. The van der Waals surface area contributed by atoms with Crippen LogP contribution in [0.15, 0.2) is 53.7 Å². The highest BCUT2D eigenvalue weighted by molar-refractivity contribution is 14.1. The molecule has 1 aromatic carbocycles. The molecule has 0 amide bonds. The van der Waals surface area contributed by atoms with Crippen molar-refractivity contribution in [3.63, 3.8) is 0 Å². The Hall–Kier alpha value is -1.23. The van der Waals surface area contributed by atoms with Crippen molar-refractivity contribution in [3.8, 4) is 0 Å². The van der Waals surface area contributed by atoms with Crippen LogP contribution in [0.4, 0.5) is 5.82 Å². The molecule has 1 aromatic heterocycles. The molecule has 15 heavy (non-hydrogen) atoms. The van der Waals surface area contributed by atoms with Gasteiger partial charge in [0, 0.05) is 16.0 Å². The number of rotatable bonds is 2. The van der Waals surface area contributed by atoms with Crippen molar-refractivity contribution >= 4 is 34.6 Å². The van der Waals surface area contributed by atoms with Gasteiger partial charge >= 0.3 is 0 Å². The fourth-order valence-electron chi connectivity index (χ4n) is 1.16. The van der Waals surface area contributed by atoms with E-state index in [9.17, 15) is 0 Å². The number of nitrogens with zero attached hydrogens (tertiary/aromatic N) is 2. The molecule has 0 bridgehead atoms. The van der Waals surface area contributed by atoms with Crippen molar-refractivity contribution in [2.45, 2.75) is 0 Å². The molecule has 3 heteroatoms. The van der Waals surface area contributed by atoms with Gasteiger partial charge in [-0.2, -0.15) is 0 Å². The van der Waals surface area contributed by atoms with E-state index in [4.69, 9.17) is 0 Å². The van der Waals surface area contributed by atoms with E-state index in [0.717, 1.165) is 11.4 Å². The molecule has 1 heterocycles. The minimum absolute atomic E-state index is 0.733. The molecule has 0 aliphatic carbocycles. The summed E-state index contributed by atoms with van der Waals surface area (Å²) >= 11 is 2.28. The molecular weight excluding hydrogens is 299 g/mol. The third-order valence-corrected chi connectivity index (χ3v) is 2.51. The van der Waals surface area contributed by atoms with Crippen molar-refractivity contribution in [3.05, 3.63) is 57.8 Å². The van der Waals surface area contributed by atoms with E-state index in [2.05, 4.69) is 44.7 Å². The van der Waals surface area contributed by atoms with Crippen LogP contribution in [-0.2, 0) is 0 Å². The zero-order valence-corrected chi connectivity index (χ0v) is 10.1. The molecule has 0 spiro atoms. The molecule has 0 N–H and O–H groups in total. The molecule has 0 radical (unpaired) electrons. The molecule has 0 saturated carbocycles. The number of hydrogen-bond donors (Lipinski definition) is 0. The third kappa shape index (κ3) is 3.13. The summed E-state index contributed by atoms with van der Waals surface area (Å²) in [4.78, 5) is 8.39. The van der Waals surface area contributed by atoms with Crippen LogP contribution < -0.4 is 0 Å². The van der Waals surface area contributed by atoms with Crippen LogP contribution in [0.1, 0.15) is 5.56 Å². The molecule has 74 valence electrons. The maximum absolute atomic E-state index is 4.28. The first-order valence-electron chi connectivity index (χ1n) is 4.55. The van der Waals surface area contributed by atoms with Crippen LogP contribution in [0.25, 0.3) is 0 Å². The van der Waals surface area contributed by atoms with Gasteiger partial charge in [0.1, 0.15) is 0 Å². The van der Waals surface area contributed by atoms with Gasteiger partial charge in [-0.15, -0.1) is 0 Å². The van der Waals surface area contributed by atoms with Gasteiger partial charge in [0.05, 0.1) is 0 Å². The van der Waals surface area contributed by atoms with Crippen LogP contribution in [-0.4, -0.2) is 11.2 Å². The quantitative estimate of drug-likeness (QED) is 0.616. The van der Waals surface area contributed by atoms with E-state index >= 15 is 0 Å². The number of benzene rings is 1. The fourth-order valence-corrected chi connectivity index (χ4v) is 1.72. The maximum Gasteiger partial charge on any atom is 0.151 e. The summed E-state index contributed by atoms with van der Waals surface area (Å²) in [6.07, 6.45) is 3.56. The standard InChI is InChI=1S/C12H9IN2/c13-11-5-3-4-10(8-11)9-15-12-6-1-2-7-14-12/h1-9H/b15-9+. The first kappa shape index (κ1) is 10.3. The van der Waals surface area contributed by atoms with E-state index in [1.807, 2.05) is 36.5 Å². The summed E-state index contributed by atoms with van der Waals surface area (Å²) in [5.41, 5.74) is 1.09. The van der Waals surface area contributed by atoms with Gasteiger partial charge in [0.2, 0.25) is 0 Å². The van der Waals surface area contributed by atoms with Crippen LogP contribution in [0.5, 0.6) is 0 Å². The Morgan fingerprint density at radius 1 is 1.13 bits per heavy atom. The molecule has 2 nitrogen and oxygen atoms in total. The van der Waals surface area contributed by atoms with Gasteiger partial charge in [0.25, 0.3) is 0 Å². The highest BCUT2D eigenvalue weighted by Gasteiger charge is 1.90. The fraction of sp³-hybridized carbons (Fsp3) is 0. The average Bonchev–Trinajstić information content (AvgIpc) is 2.28. The molecule has 0 fully saturated rings. The van der Waals surface area contributed by atoms with Gasteiger partial charge < -0.3 is 0 Å². The van der Waals surface area contributed by atoms with Crippen molar-refractivity contribution < 1.29 is 0 Å². The highest BCUT2D eigenvalue weighted by Crippen LogP contribution is 2.08. The molecule has 0 unspecified atom stereocenters. The normalized spacial score (nSPS) is 10.7. The highest BCUT2D eigenvalue weighted by atomic mass is 127. The summed E-state index contributed by atoms with van der Waals surface area (Å²) in [7, 11) is 0. The monoisotopic (exact) mass is 308 g/mol. The van der Waals surface area contributed by atoms with Gasteiger partial charge in [-0.3, -0.25) is 0 Å². The number of hydrogen-bond acceptors (Lipinski definition) is 2. The summed E-state index contributed by atoms with van der Waals surface area (Å²) in [5.74, 6) is 0.733. The minimum atomic E-state index is 0.733. The zero-order valence-electron chi connectivity index (χ0n) is 7.97. The van der Waals surface area contributed by atoms with E-state index in [0.29, 0.717) is 0 Å². The van der Waals surface area contributed by atoms with Crippen molar-refractivity contribution in [1.82, 2.24) is 4.98 Å². The first-order chi connectivity index (χ1) is 7.34. The Balaban J connectivity index is 2.19. The van der Waals surface area contributed by atoms with E-state index in [-0.39, 0.29) is 0 Å². The van der Waals surface area contributed by atoms with Crippen LogP contribution in [0.3, 0.4) is 0 Å². The summed E-state index contributed by atoms with van der Waals surface area (Å²) in [6, 6.07) is 13.9. The average molecular weight is 308 g/mol. The number of pyridine rings is 1. The minimum Gasteiger partial charge on any atom is -0.237 e. The lowest BCUT2D eigenvalue weighted by atomic mass is 10.2. The lowest BCUT2D eigenvalue weighted by Crippen LogP contribution is -1.81. The zero-order chi connectivity index (χ0) is 10.5. The van der Waals surface area contributed by atoms with Gasteiger partial charge in [-0.25, -0.2) is 9.98 Å². The lowest BCUT2D eigenvalue weighted by molar-refractivity contribution is 1.28. The molecule has 0 aliphatic rings. The first-order valence-corrected chi connectivity index (χ1v) is 5.63. The van der Waals surface area contributed by atoms with Crippen LogP contribution >= 0.6 is 22.6 Å². The molecule has 2 aromatic rings. The Morgan fingerprint density at radius 2 is 2.07 bits per heavy atom. The van der Waals surface area contributed by atoms with E-state index < -0.39 is 0 Å². The Bertz CT molecular complexity index is 466. The van der Waals surface area contributed by atoms with Crippen LogP contribution in [0, 0.1) is 3.57 Å². The second-order valence-electron chi connectivity index (χ2n) is 3.00. The van der Waals surface area contributed by atoms with Crippen molar-refractivity contribution in [1.29, 1.82) is 0 Å². The van der Waals surface area contributed by atoms with Gasteiger partial charge in [0.15, 0.2) is 5.82 Å². The predicted molar refractivity (Wildman–Crippen MR) is 70.7 cm³/mol. The van der Waals surface area contributed by atoms with E-state index in [1.165, 1.54) is 3.57 Å². The topological polar surface area (TPSA) is 25.2 Å². The molecular formula is C12H9IN2. The predicted octanol–water partition coefficient (Wildman–Crippen LogP) is 3.44. The largest absolute Gasteiger partial charge is 0.237 e. The summed E-state index contributed by atoms with van der Waals surface area (Å²) < 4.78 is 1.21. The Morgan fingerprint density at radius 3 is 2.80 bits per heavy atom. The second kappa shape index (κ2) is 5.02. The second-order valence-corrected chi connectivity index (χ2v) is 4.25. The van der Waals surface area contributed by atoms with Gasteiger partial charge in [-0.05, 0) is 52.4 Å². The van der Waals surface area contributed by atoms with Gasteiger partial charge in [-0.1, -0.05) is 18.2 Å². The molecule has 2 rings (SSSR count). The molecule has 0 atom stereocenters. The van der Waals surface area contributed by atoms with E-state index in [1.54, 1.807) is 6.20 Å².